The van der Waals surface area contributed by atoms with Crippen LogP contribution in [-0.4, -0.2) is 42.5 Å². The van der Waals surface area contributed by atoms with Crippen molar-refractivity contribution < 1.29 is 23.5 Å². The molecule has 2 aromatic rings. The third-order valence-electron chi connectivity index (χ3n) is 5.09. The van der Waals surface area contributed by atoms with Crippen molar-refractivity contribution in [3.63, 3.8) is 0 Å². The number of halogens is 1. The van der Waals surface area contributed by atoms with E-state index >= 15 is 0 Å². The lowest BCUT2D eigenvalue weighted by Crippen LogP contribution is -2.51. The summed E-state index contributed by atoms with van der Waals surface area (Å²) in [5.41, 5.74) is 0.842. The van der Waals surface area contributed by atoms with Crippen LogP contribution in [0.15, 0.2) is 48.5 Å². The van der Waals surface area contributed by atoms with Crippen LogP contribution in [0.5, 0.6) is 11.5 Å². The summed E-state index contributed by atoms with van der Waals surface area (Å²) in [6.45, 7) is 5.60. The van der Waals surface area contributed by atoms with E-state index in [4.69, 9.17) is 9.47 Å². The molecule has 2 rings (SSSR count). The highest BCUT2D eigenvalue weighted by molar-refractivity contribution is 5.88. The van der Waals surface area contributed by atoms with Gasteiger partial charge in [-0.2, -0.15) is 0 Å². The molecule has 0 fully saturated rings. The summed E-state index contributed by atoms with van der Waals surface area (Å²) in [6.07, 6.45) is 1.22. The zero-order valence-electron chi connectivity index (χ0n) is 18.6. The molecule has 0 saturated carbocycles. The minimum Gasteiger partial charge on any atom is -0.497 e. The van der Waals surface area contributed by atoms with E-state index in [2.05, 4.69) is 5.32 Å². The van der Waals surface area contributed by atoms with Gasteiger partial charge in [0.1, 0.15) is 11.8 Å². The molecule has 31 heavy (non-hydrogen) atoms. The van der Waals surface area contributed by atoms with E-state index in [9.17, 15) is 14.0 Å². The SMILES string of the molecule is CC[C@H](C)NC(=O)[C@H](CC)N(Cc1ccc(OC)cc1)C(=O)COc1ccccc1F. The lowest BCUT2D eigenvalue weighted by atomic mass is 10.1. The Morgan fingerprint density at radius 3 is 2.32 bits per heavy atom. The van der Waals surface area contributed by atoms with Crippen molar-refractivity contribution in [3.8, 4) is 11.5 Å². The molecule has 168 valence electrons. The fourth-order valence-corrected chi connectivity index (χ4v) is 3.07. The van der Waals surface area contributed by atoms with Crippen molar-refractivity contribution in [2.24, 2.45) is 0 Å². The quantitative estimate of drug-likeness (QED) is 0.586. The maximum Gasteiger partial charge on any atom is 0.261 e. The van der Waals surface area contributed by atoms with Crippen LogP contribution in [0.1, 0.15) is 39.2 Å². The van der Waals surface area contributed by atoms with Crippen LogP contribution in [0, 0.1) is 5.82 Å². The second-order valence-electron chi connectivity index (χ2n) is 7.33. The van der Waals surface area contributed by atoms with E-state index in [0.717, 1.165) is 12.0 Å². The van der Waals surface area contributed by atoms with Crippen molar-refractivity contribution in [2.75, 3.05) is 13.7 Å². The Hall–Kier alpha value is -3.09. The highest BCUT2D eigenvalue weighted by Gasteiger charge is 2.29. The van der Waals surface area contributed by atoms with Gasteiger partial charge in [0.25, 0.3) is 5.91 Å². The average molecular weight is 431 g/mol. The lowest BCUT2D eigenvalue weighted by molar-refractivity contribution is -0.143. The summed E-state index contributed by atoms with van der Waals surface area (Å²) in [7, 11) is 1.58. The fourth-order valence-electron chi connectivity index (χ4n) is 3.07. The van der Waals surface area contributed by atoms with Gasteiger partial charge in [-0.1, -0.05) is 38.1 Å². The zero-order chi connectivity index (χ0) is 22.8. The third kappa shape index (κ3) is 6.98. The highest BCUT2D eigenvalue weighted by Crippen LogP contribution is 2.18. The Kier molecular flexibility index (Phi) is 9.31. The summed E-state index contributed by atoms with van der Waals surface area (Å²) >= 11 is 0. The first-order chi connectivity index (χ1) is 14.9. The standard InChI is InChI=1S/C24H31FN2O4/c1-5-17(3)26-24(29)21(6-2)27(15-18-11-13-19(30-4)14-12-18)23(28)16-31-22-10-8-7-9-20(22)25/h7-14,17,21H,5-6,15-16H2,1-4H3,(H,26,29)/t17-,21-/m0/s1. The van der Waals surface area contributed by atoms with Crippen molar-refractivity contribution in [1.82, 2.24) is 10.2 Å². The topological polar surface area (TPSA) is 67.9 Å². The van der Waals surface area contributed by atoms with Gasteiger partial charge >= 0.3 is 0 Å². The van der Waals surface area contributed by atoms with Crippen molar-refractivity contribution in [1.29, 1.82) is 0 Å². The Morgan fingerprint density at radius 1 is 1.06 bits per heavy atom. The molecule has 0 aromatic heterocycles. The maximum absolute atomic E-state index is 13.9. The molecule has 2 atom stereocenters. The minimum absolute atomic E-state index is 0.00245. The van der Waals surface area contributed by atoms with E-state index in [1.165, 1.54) is 17.0 Å². The molecule has 0 radical (unpaired) electrons. The molecule has 2 amide bonds. The predicted octanol–water partition coefficient (Wildman–Crippen LogP) is 3.94. The number of rotatable bonds is 11. The van der Waals surface area contributed by atoms with Gasteiger partial charge in [0, 0.05) is 12.6 Å². The predicted molar refractivity (Wildman–Crippen MR) is 117 cm³/mol. The average Bonchev–Trinajstić information content (AvgIpc) is 2.78. The van der Waals surface area contributed by atoms with E-state index in [1.54, 1.807) is 31.4 Å². The van der Waals surface area contributed by atoms with Gasteiger partial charge < -0.3 is 19.7 Å². The number of ether oxygens (including phenoxy) is 2. The molecule has 6 nitrogen and oxygen atoms in total. The van der Waals surface area contributed by atoms with Gasteiger partial charge in [-0.25, -0.2) is 4.39 Å². The first-order valence-corrected chi connectivity index (χ1v) is 10.5. The lowest BCUT2D eigenvalue weighted by Gasteiger charge is -2.31. The number of benzene rings is 2. The zero-order valence-corrected chi connectivity index (χ0v) is 18.6. The van der Waals surface area contributed by atoms with Gasteiger partial charge in [-0.05, 0) is 49.6 Å². The summed E-state index contributed by atoms with van der Waals surface area (Å²) in [6, 6.07) is 12.5. The number of methoxy groups -OCH3 is 1. The molecule has 0 aliphatic heterocycles. The van der Waals surface area contributed by atoms with Crippen LogP contribution in [0.3, 0.4) is 0 Å². The van der Waals surface area contributed by atoms with Crippen LogP contribution in [0.25, 0.3) is 0 Å². The Balaban J connectivity index is 2.22. The number of nitrogens with zero attached hydrogens (tertiary/aromatic N) is 1. The molecule has 2 aromatic carbocycles. The summed E-state index contributed by atoms with van der Waals surface area (Å²) in [5, 5.41) is 2.95. The third-order valence-corrected chi connectivity index (χ3v) is 5.09. The molecule has 0 spiro atoms. The number of carbonyl (C=O) groups excluding carboxylic acids is 2. The van der Waals surface area contributed by atoms with Gasteiger partial charge in [0.15, 0.2) is 18.2 Å². The second-order valence-corrected chi connectivity index (χ2v) is 7.33. The van der Waals surface area contributed by atoms with Crippen LogP contribution in [0.4, 0.5) is 4.39 Å². The van der Waals surface area contributed by atoms with Gasteiger partial charge in [-0.15, -0.1) is 0 Å². The van der Waals surface area contributed by atoms with Gasteiger partial charge in [0.05, 0.1) is 7.11 Å². The number of hydrogen-bond acceptors (Lipinski definition) is 4. The number of nitrogens with one attached hydrogen (secondary N) is 1. The second kappa shape index (κ2) is 11.9. The molecule has 0 unspecified atom stereocenters. The normalized spacial score (nSPS) is 12.5. The minimum atomic E-state index is -0.673. The first kappa shape index (κ1) is 24.2. The fraction of sp³-hybridized carbons (Fsp3) is 0.417. The number of para-hydroxylation sites is 1. The van der Waals surface area contributed by atoms with Crippen LogP contribution < -0.4 is 14.8 Å². The first-order valence-electron chi connectivity index (χ1n) is 10.5. The number of carbonyl (C=O) groups is 2. The molecule has 0 bridgehead atoms. The van der Waals surface area contributed by atoms with Crippen LogP contribution in [-0.2, 0) is 16.1 Å². The summed E-state index contributed by atoms with van der Waals surface area (Å²) < 4.78 is 24.5. The van der Waals surface area contributed by atoms with Crippen LogP contribution >= 0.6 is 0 Å². The molecule has 0 aliphatic carbocycles. The van der Waals surface area contributed by atoms with E-state index in [-0.39, 0.29) is 30.9 Å². The number of amides is 2. The molecular formula is C24H31FN2O4. The molecule has 1 N–H and O–H groups in total. The van der Waals surface area contributed by atoms with E-state index in [1.807, 2.05) is 32.9 Å². The number of hydrogen-bond donors (Lipinski definition) is 1. The van der Waals surface area contributed by atoms with Crippen molar-refractivity contribution in [2.45, 2.75) is 52.2 Å². The van der Waals surface area contributed by atoms with Crippen molar-refractivity contribution >= 4 is 11.8 Å². The van der Waals surface area contributed by atoms with Gasteiger partial charge in [0.2, 0.25) is 5.91 Å². The van der Waals surface area contributed by atoms with Gasteiger partial charge in [-0.3, -0.25) is 9.59 Å². The van der Waals surface area contributed by atoms with Crippen LogP contribution in [0.2, 0.25) is 0 Å². The van der Waals surface area contributed by atoms with E-state index in [0.29, 0.717) is 12.2 Å². The monoisotopic (exact) mass is 430 g/mol. The molecule has 0 aliphatic rings. The van der Waals surface area contributed by atoms with Crippen molar-refractivity contribution in [3.05, 3.63) is 59.9 Å². The molecule has 0 heterocycles. The summed E-state index contributed by atoms with van der Waals surface area (Å²) in [5.74, 6) is -0.461. The smallest absolute Gasteiger partial charge is 0.261 e. The van der Waals surface area contributed by atoms with E-state index < -0.39 is 17.8 Å². The Morgan fingerprint density at radius 2 is 1.74 bits per heavy atom. The Labute approximate surface area is 183 Å². The molecule has 0 saturated heterocycles. The largest absolute Gasteiger partial charge is 0.497 e. The highest BCUT2D eigenvalue weighted by atomic mass is 19.1. The maximum atomic E-state index is 13.9. The molecular weight excluding hydrogens is 399 g/mol. The molecule has 7 heteroatoms. The Bertz CT molecular complexity index is 857. The summed E-state index contributed by atoms with van der Waals surface area (Å²) in [4.78, 5) is 27.5.